The van der Waals surface area contributed by atoms with Gasteiger partial charge in [-0.15, -0.1) is 0 Å². The average Bonchev–Trinajstić information content (AvgIpc) is 3.01. The number of aliphatic hydroxyl groups excluding tert-OH is 1. The molecule has 0 spiro atoms. The van der Waals surface area contributed by atoms with Crippen molar-refractivity contribution in [2.45, 2.75) is 103 Å². The van der Waals surface area contributed by atoms with Crippen molar-refractivity contribution in [2.75, 3.05) is 13.2 Å². The third-order valence-electron chi connectivity index (χ3n) is 8.51. The molecule has 5 nitrogen and oxygen atoms in total. The maximum Gasteiger partial charge on any atom is 0.225 e. The quantitative estimate of drug-likeness (QED) is 0.187. The molecule has 0 radical (unpaired) electrons. The number of piperidine rings is 1. The number of carbonyl (C=O) groups is 1. The van der Waals surface area contributed by atoms with Crippen LogP contribution in [0.2, 0.25) is 0 Å². The highest BCUT2D eigenvalue weighted by molar-refractivity contribution is 5.77. The summed E-state index contributed by atoms with van der Waals surface area (Å²) < 4.78 is 12.4. The minimum Gasteiger partial charge on any atom is -0.489 e. The Bertz CT molecular complexity index is 1230. The summed E-state index contributed by atoms with van der Waals surface area (Å²) in [6.07, 6.45) is 7.00. The van der Waals surface area contributed by atoms with Crippen molar-refractivity contribution in [2.24, 2.45) is 0 Å². The summed E-state index contributed by atoms with van der Waals surface area (Å²) in [5, 5.41) is 10.7. The average molecular weight is 572 g/mol. The van der Waals surface area contributed by atoms with Crippen LogP contribution in [-0.4, -0.2) is 35.2 Å². The number of ether oxygens (including phenoxy) is 2. The van der Waals surface area contributed by atoms with Crippen LogP contribution in [0.4, 0.5) is 0 Å². The first-order valence-electron chi connectivity index (χ1n) is 15.8. The Balaban J connectivity index is 1.53. The standard InChI is InChI=1S/C37H49NO4/c1-4-5-6-13-22-37(2,3)31-18-19-33(35(25-31)42-28-30-16-11-8-12-17-30)34-26-32(39)20-23-38(34)36(40)21-24-41-27-29-14-9-7-10-15-29/h7-12,14-19,25,32,34,39H,4-6,13,20-24,26-28H2,1-3H3. The molecule has 1 heterocycles. The molecule has 4 rings (SSSR count). The molecule has 0 aromatic heterocycles. The van der Waals surface area contributed by atoms with Crippen molar-refractivity contribution >= 4 is 5.91 Å². The summed E-state index contributed by atoms with van der Waals surface area (Å²) in [6.45, 7) is 8.69. The first-order valence-corrected chi connectivity index (χ1v) is 15.8. The van der Waals surface area contributed by atoms with Crippen LogP contribution in [0.25, 0.3) is 0 Å². The maximum absolute atomic E-state index is 13.5. The van der Waals surface area contributed by atoms with Crippen LogP contribution in [0.15, 0.2) is 78.9 Å². The Morgan fingerprint density at radius 1 is 0.929 bits per heavy atom. The van der Waals surface area contributed by atoms with Crippen LogP contribution in [0, 0.1) is 0 Å². The number of aliphatic hydroxyl groups is 1. The van der Waals surface area contributed by atoms with Gasteiger partial charge in [0.15, 0.2) is 0 Å². The van der Waals surface area contributed by atoms with E-state index in [2.05, 4.69) is 51.1 Å². The van der Waals surface area contributed by atoms with E-state index in [1.807, 2.05) is 53.4 Å². The molecular formula is C37H49NO4. The molecule has 0 aliphatic carbocycles. The lowest BCUT2D eigenvalue weighted by Crippen LogP contribution is -2.43. The zero-order valence-corrected chi connectivity index (χ0v) is 25.8. The van der Waals surface area contributed by atoms with Gasteiger partial charge in [-0.05, 0) is 47.4 Å². The highest BCUT2D eigenvalue weighted by Gasteiger charge is 2.34. The number of benzene rings is 3. The molecule has 5 heteroatoms. The Kier molecular flexibility index (Phi) is 12.0. The largest absolute Gasteiger partial charge is 0.489 e. The van der Waals surface area contributed by atoms with E-state index in [-0.39, 0.29) is 17.4 Å². The predicted octanol–water partition coefficient (Wildman–Crippen LogP) is 8.14. The second-order valence-electron chi connectivity index (χ2n) is 12.3. The fourth-order valence-corrected chi connectivity index (χ4v) is 5.84. The highest BCUT2D eigenvalue weighted by atomic mass is 16.5. The summed E-state index contributed by atoms with van der Waals surface area (Å²) in [7, 11) is 0. The fraction of sp³-hybridized carbons (Fsp3) is 0.486. The molecular weight excluding hydrogens is 522 g/mol. The Morgan fingerprint density at radius 2 is 1.62 bits per heavy atom. The monoisotopic (exact) mass is 571 g/mol. The van der Waals surface area contributed by atoms with Gasteiger partial charge in [-0.1, -0.05) is 119 Å². The van der Waals surface area contributed by atoms with Crippen LogP contribution >= 0.6 is 0 Å². The number of rotatable bonds is 15. The van der Waals surface area contributed by atoms with E-state index in [1.54, 1.807) is 0 Å². The molecule has 226 valence electrons. The zero-order chi connectivity index (χ0) is 29.8. The summed E-state index contributed by atoms with van der Waals surface area (Å²) in [4.78, 5) is 15.4. The topological polar surface area (TPSA) is 59.0 Å². The van der Waals surface area contributed by atoms with Gasteiger partial charge < -0.3 is 19.5 Å². The fourth-order valence-electron chi connectivity index (χ4n) is 5.84. The third-order valence-corrected chi connectivity index (χ3v) is 8.51. The lowest BCUT2D eigenvalue weighted by molar-refractivity contribution is -0.138. The van der Waals surface area contributed by atoms with Gasteiger partial charge in [-0.3, -0.25) is 4.79 Å². The van der Waals surface area contributed by atoms with Gasteiger partial charge in [0.2, 0.25) is 5.91 Å². The van der Waals surface area contributed by atoms with Gasteiger partial charge in [-0.25, -0.2) is 0 Å². The van der Waals surface area contributed by atoms with Crippen LogP contribution in [-0.2, 0) is 28.2 Å². The van der Waals surface area contributed by atoms with Crippen LogP contribution in [0.5, 0.6) is 5.75 Å². The molecule has 3 aromatic carbocycles. The third kappa shape index (κ3) is 9.17. The van der Waals surface area contributed by atoms with Gasteiger partial charge in [0, 0.05) is 12.1 Å². The minimum absolute atomic E-state index is 0.00874. The molecule has 1 N–H and O–H groups in total. The zero-order valence-electron chi connectivity index (χ0n) is 25.8. The Labute approximate surface area is 252 Å². The number of likely N-dealkylation sites (tertiary alicyclic amines) is 1. The van der Waals surface area contributed by atoms with E-state index in [4.69, 9.17) is 9.47 Å². The first kappa shape index (κ1) is 31.8. The van der Waals surface area contributed by atoms with Crippen molar-refractivity contribution in [1.82, 2.24) is 4.90 Å². The molecule has 0 bridgehead atoms. The lowest BCUT2D eigenvalue weighted by Gasteiger charge is -2.39. The van der Waals surface area contributed by atoms with Crippen molar-refractivity contribution in [3.05, 3.63) is 101 Å². The number of unbranched alkanes of at least 4 members (excludes halogenated alkanes) is 3. The van der Waals surface area contributed by atoms with Gasteiger partial charge >= 0.3 is 0 Å². The van der Waals surface area contributed by atoms with E-state index in [0.717, 1.165) is 28.9 Å². The highest BCUT2D eigenvalue weighted by Crippen LogP contribution is 2.40. The van der Waals surface area contributed by atoms with E-state index in [1.165, 1.54) is 31.2 Å². The lowest BCUT2D eigenvalue weighted by atomic mass is 9.79. The molecule has 0 saturated carbocycles. The van der Waals surface area contributed by atoms with E-state index < -0.39 is 6.10 Å². The SMILES string of the molecule is CCCCCCC(C)(C)c1ccc(C2CC(O)CCN2C(=O)CCOCc2ccccc2)c(OCc2ccccc2)c1. The molecule has 42 heavy (non-hydrogen) atoms. The number of hydrogen-bond donors (Lipinski definition) is 1. The second kappa shape index (κ2) is 15.9. The molecule has 2 atom stereocenters. The summed E-state index contributed by atoms with van der Waals surface area (Å²) >= 11 is 0. The van der Waals surface area contributed by atoms with Gasteiger partial charge in [0.05, 0.1) is 31.8 Å². The molecule has 2 unspecified atom stereocenters. The summed E-state index contributed by atoms with van der Waals surface area (Å²) in [5.74, 6) is 0.851. The number of amides is 1. The van der Waals surface area contributed by atoms with E-state index in [9.17, 15) is 9.90 Å². The Morgan fingerprint density at radius 3 is 2.31 bits per heavy atom. The number of hydrogen-bond acceptors (Lipinski definition) is 4. The van der Waals surface area contributed by atoms with Crippen molar-refractivity contribution < 1.29 is 19.4 Å². The second-order valence-corrected chi connectivity index (χ2v) is 12.3. The summed E-state index contributed by atoms with van der Waals surface area (Å²) in [6, 6.07) is 26.5. The van der Waals surface area contributed by atoms with Crippen LogP contribution < -0.4 is 4.74 Å². The maximum atomic E-state index is 13.5. The van der Waals surface area contributed by atoms with E-state index >= 15 is 0 Å². The van der Waals surface area contributed by atoms with Gasteiger partial charge in [-0.2, -0.15) is 0 Å². The number of carbonyl (C=O) groups excluding carboxylic acids is 1. The molecule has 1 fully saturated rings. The normalized spacial score (nSPS) is 17.3. The molecule has 3 aromatic rings. The molecule has 1 amide bonds. The van der Waals surface area contributed by atoms with Crippen molar-refractivity contribution in [1.29, 1.82) is 0 Å². The molecule has 1 aliphatic rings. The first-order chi connectivity index (χ1) is 20.4. The molecule has 1 aliphatic heterocycles. The van der Waals surface area contributed by atoms with Crippen LogP contribution in [0.1, 0.15) is 100 Å². The van der Waals surface area contributed by atoms with Gasteiger partial charge in [0.1, 0.15) is 12.4 Å². The van der Waals surface area contributed by atoms with Crippen LogP contribution in [0.3, 0.4) is 0 Å². The van der Waals surface area contributed by atoms with Crippen molar-refractivity contribution in [3.63, 3.8) is 0 Å². The molecule has 1 saturated heterocycles. The van der Waals surface area contributed by atoms with Crippen molar-refractivity contribution in [3.8, 4) is 5.75 Å². The minimum atomic E-state index is -0.454. The number of nitrogens with zero attached hydrogens (tertiary/aromatic N) is 1. The van der Waals surface area contributed by atoms with Gasteiger partial charge in [0.25, 0.3) is 0 Å². The smallest absolute Gasteiger partial charge is 0.225 e. The van der Waals surface area contributed by atoms with E-state index in [0.29, 0.717) is 45.6 Å². The Hall–Kier alpha value is -3.15. The summed E-state index contributed by atoms with van der Waals surface area (Å²) in [5.41, 5.74) is 4.41. The predicted molar refractivity (Wildman–Crippen MR) is 169 cm³/mol.